The van der Waals surface area contributed by atoms with Crippen molar-refractivity contribution >= 4 is 21.8 Å². The number of hydrogen-bond donors (Lipinski definition) is 1. The Hall–Kier alpha value is -3.18. The summed E-state index contributed by atoms with van der Waals surface area (Å²) in [5.41, 5.74) is 1.43. The Kier molecular flexibility index (Phi) is 8.91. The minimum absolute atomic E-state index is 0.0666. The van der Waals surface area contributed by atoms with E-state index in [-0.39, 0.29) is 42.6 Å². The molecule has 0 saturated carbocycles. The molecule has 9 nitrogen and oxygen atoms in total. The van der Waals surface area contributed by atoms with Crippen LogP contribution in [-0.4, -0.2) is 75.2 Å². The van der Waals surface area contributed by atoms with Gasteiger partial charge in [0.1, 0.15) is 17.3 Å². The summed E-state index contributed by atoms with van der Waals surface area (Å²) < 4.78 is 48.9. The van der Waals surface area contributed by atoms with E-state index in [0.29, 0.717) is 30.9 Å². The summed E-state index contributed by atoms with van der Waals surface area (Å²) >= 11 is 0. The van der Waals surface area contributed by atoms with Crippen molar-refractivity contribution in [2.45, 2.75) is 38.9 Å². The number of carbonyl (C=O) groups is 2. The van der Waals surface area contributed by atoms with Gasteiger partial charge in [-0.25, -0.2) is 12.8 Å². The summed E-state index contributed by atoms with van der Waals surface area (Å²) in [5, 5.41) is 0. The molecule has 1 N–H and O–H groups in total. The molecule has 0 aliphatic carbocycles. The van der Waals surface area contributed by atoms with Crippen molar-refractivity contribution in [3.05, 3.63) is 59.4 Å². The van der Waals surface area contributed by atoms with Gasteiger partial charge < -0.3 is 14.4 Å². The Balaban J connectivity index is 1.63. The minimum atomic E-state index is -3.69. The number of rotatable bonds is 9. The van der Waals surface area contributed by atoms with Crippen molar-refractivity contribution in [1.82, 2.24) is 14.5 Å². The molecule has 2 amide bonds. The quantitative estimate of drug-likeness (QED) is 0.538. The number of sulfonamides is 1. The highest BCUT2D eigenvalue weighted by atomic mass is 32.2. The van der Waals surface area contributed by atoms with Crippen molar-refractivity contribution in [1.29, 1.82) is 0 Å². The van der Waals surface area contributed by atoms with Gasteiger partial charge in [0.2, 0.25) is 15.9 Å². The molecule has 0 bridgehead atoms. The fourth-order valence-electron chi connectivity index (χ4n) is 4.17. The van der Waals surface area contributed by atoms with Gasteiger partial charge in [-0.15, -0.1) is 0 Å². The summed E-state index contributed by atoms with van der Waals surface area (Å²) in [5.74, 6) is -0.447. The van der Waals surface area contributed by atoms with Gasteiger partial charge in [-0.3, -0.25) is 19.2 Å². The van der Waals surface area contributed by atoms with Crippen LogP contribution in [0.1, 0.15) is 25.0 Å². The third-order valence-electron chi connectivity index (χ3n) is 6.01. The third kappa shape index (κ3) is 7.66. The van der Waals surface area contributed by atoms with E-state index in [1.807, 2.05) is 18.6 Å². The number of piperazine rings is 1. The summed E-state index contributed by atoms with van der Waals surface area (Å²) in [6, 6.07) is 11.2. The lowest BCUT2D eigenvalue weighted by Gasteiger charge is -2.44. The summed E-state index contributed by atoms with van der Waals surface area (Å²) in [4.78, 5) is 29.2. The van der Waals surface area contributed by atoms with Crippen LogP contribution in [0.2, 0.25) is 0 Å². The zero-order valence-corrected chi connectivity index (χ0v) is 21.7. The highest BCUT2D eigenvalue weighted by Gasteiger charge is 2.32. The number of hydrogen-bond acceptors (Lipinski definition) is 7. The number of benzene rings is 2. The van der Waals surface area contributed by atoms with E-state index in [1.54, 1.807) is 35.2 Å². The molecule has 196 valence electrons. The standard InChI is InChI=1S/C25H32FN3O6S/c1-17-14-29(18(2)13-28(17)15-19-5-8-21(26)9-6-19)25(31)16-35-23-12-22(34-3)10-7-20(23)11-24(30)27-36(4,32)33/h5-10,12,17-18H,11,13-16H2,1-4H3,(H,27,30)/t17-,18+/m0/s1. The average Bonchev–Trinajstić information content (AvgIpc) is 2.80. The Morgan fingerprint density at radius 3 is 2.42 bits per heavy atom. The molecule has 2 aromatic carbocycles. The van der Waals surface area contributed by atoms with Gasteiger partial charge in [0.15, 0.2) is 6.61 Å². The van der Waals surface area contributed by atoms with Crippen LogP contribution in [0.4, 0.5) is 4.39 Å². The minimum Gasteiger partial charge on any atom is -0.497 e. The second-order valence-corrected chi connectivity index (χ2v) is 10.8. The fraction of sp³-hybridized carbons (Fsp3) is 0.440. The van der Waals surface area contributed by atoms with E-state index in [4.69, 9.17) is 9.47 Å². The first-order valence-electron chi connectivity index (χ1n) is 11.5. The van der Waals surface area contributed by atoms with Crippen molar-refractivity contribution in [2.75, 3.05) is 33.1 Å². The lowest BCUT2D eigenvalue weighted by atomic mass is 10.1. The highest BCUT2D eigenvalue weighted by Crippen LogP contribution is 2.26. The fourth-order valence-corrected chi connectivity index (χ4v) is 4.66. The normalized spacial score (nSPS) is 18.5. The summed E-state index contributed by atoms with van der Waals surface area (Å²) in [6.45, 7) is 5.58. The van der Waals surface area contributed by atoms with Gasteiger partial charge in [-0.2, -0.15) is 0 Å². The zero-order chi connectivity index (χ0) is 26.5. The third-order valence-corrected chi connectivity index (χ3v) is 6.61. The topological polar surface area (TPSA) is 105 Å². The molecule has 0 radical (unpaired) electrons. The van der Waals surface area contributed by atoms with Crippen LogP contribution in [0.3, 0.4) is 0 Å². The number of methoxy groups -OCH3 is 1. The Labute approximate surface area is 211 Å². The van der Waals surface area contributed by atoms with Crippen LogP contribution >= 0.6 is 0 Å². The second kappa shape index (κ2) is 11.7. The van der Waals surface area contributed by atoms with Crippen molar-refractivity contribution in [3.8, 4) is 11.5 Å². The van der Waals surface area contributed by atoms with Crippen LogP contribution < -0.4 is 14.2 Å². The zero-order valence-electron chi connectivity index (χ0n) is 20.9. The van der Waals surface area contributed by atoms with Gasteiger partial charge in [0.05, 0.1) is 19.8 Å². The molecule has 3 rings (SSSR count). The predicted octanol–water partition coefficient (Wildman–Crippen LogP) is 1.95. The van der Waals surface area contributed by atoms with E-state index >= 15 is 0 Å². The number of amides is 2. The lowest BCUT2D eigenvalue weighted by molar-refractivity contribution is -0.139. The van der Waals surface area contributed by atoms with Crippen molar-refractivity contribution in [3.63, 3.8) is 0 Å². The molecule has 1 aliphatic rings. The Morgan fingerprint density at radius 2 is 1.78 bits per heavy atom. The first kappa shape index (κ1) is 27.4. The molecule has 1 saturated heterocycles. The van der Waals surface area contributed by atoms with Crippen LogP contribution in [0, 0.1) is 5.82 Å². The highest BCUT2D eigenvalue weighted by molar-refractivity contribution is 7.89. The maximum atomic E-state index is 13.2. The lowest BCUT2D eigenvalue weighted by Crippen LogP contribution is -2.58. The summed E-state index contributed by atoms with van der Waals surface area (Å²) in [7, 11) is -2.21. The maximum absolute atomic E-state index is 13.2. The van der Waals surface area contributed by atoms with Gasteiger partial charge in [-0.1, -0.05) is 18.2 Å². The van der Waals surface area contributed by atoms with Gasteiger partial charge in [0.25, 0.3) is 5.91 Å². The van der Waals surface area contributed by atoms with E-state index < -0.39 is 15.9 Å². The molecule has 0 aromatic heterocycles. The van der Waals surface area contributed by atoms with Gasteiger partial charge >= 0.3 is 0 Å². The summed E-state index contributed by atoms with van der Waals surface area (Å²) in [6.07, 6.45) is 0.659. The molecule has 1 heterocycles. The molecule has 1 aliphatic heterocycles. The monoisotopic (exact) mass is 521 g/mol. The van der Waals surface area contributed by atoms with Crippen LogP contribution in [0.15, 0.2) is 42.5 Å². The molecule has 36 heavy (non-hydrogen) atoms. The average molecular weight is 522 g/mol. The molecular formula is C25H32FN3O6S. The first-order chi connectivity index (χ1) is 16.9. The van der Waals surface area contributed by atoms with E-state index in [2.05, 4.69) is 4.90 Å². The molecule has 0 unspecified atom stereocenters. The molecule has 0 spiro atoms. The molecule has 2 atom stereocenters. The number of ether oxygens (including phenoxy) is 2. The number of nitrogens with one attached hydrogen (secondary N) is 1. The van der Waals surface area contributed by atoms with Gasteiger partial charge in [0, 0.05) is 43.3 Å². The van der Waals surface area contributed by atoms with E-state index in [9.17, 15) is 22.4 Å². The molecular weight excluding hydrogens is 489 g/mol. The van der Waals surface area contributed by atoms with E-state index in [0.717, 1.165) is 11.8 Å². The smallest absolute Gasteiger partial charge is 0.260 e. The van der Waals surface area contributed by atoms with Crippen molar-refractivity contribution in [2.24, 2.45) is 0 Å². The Morgan fingerprint density at radius 1 is 1.08 bits per heavy atom. The van der Waals surface area contributed by atoms with Crippen LogP contribution in [-0.2, 0) is 32.6 Å². The number of halogens is 1. The van der Waals surface area contributed by atoms with Crippen molar-refractivity contribution < 1.29 is 31.9 Å². The second-order valence-electron chi connectivity index (χ2n) is 9.04. The Bertz CT molecular complexity index is 1190. The molecule has 11 heteroatoms. The first-order valence-corrected chi connectivity index (χ1v) is 13.4. The van der Waals surface area contributed by atoms with Crippen LogP contribution in [0.25, 0.3) is 0 Å². The van der Waals surface area contributed by atoms with Crippen LogP contribution in [0.5, 0.6) is 11.5 Å². The predicted molar refractivity (Wildman–Crippen MR) is 133 cm³/mol. The molecule has 1 fully saturated rings. The van der Waals surface area contributed by atoms with E-state index in [1.165, 1.54) is 19.2 Å². The number of carbonyl (C=O) groups excluding carboxylic acids is 2. The largest absolute Gasteiger partial charge is 0.497 e. The maximum Gasteiger partial charge on any atom is 0.260 e. The number of nitrogens with zero attached hydrogens (tertiary/aromatic N) is 2. The SMILES string of the molecule is COc1ccc(CC(=O)NS(C)(=O)=O)c(OCC(=O)N2C[C@H](C)N(Cc3ccc(F)cc3)C[C@H]2C)c1. The molecule has 2 aromatic rings. The van der Waals surface area contributed by atoms with Gasteiger partial charge in [-0.05, 0) is 37.6 Å².